The van der Waals surface area contributed by atoms with Crippen molar-refractivity contribution in [2.45, 2.75) is 12.8 Å². The monoisotopic (exact) mass is 498 g/mol. The Morgan fingerprint density at radius 2 is 1.81 bits per heavy atom. The van der Waals surface area contributed by atoms with Gasteiger partial charge in [0.05, 0.1) is 11.1 Å². The maximum Gasteiger partial charge on any atom is 0.261 e. The number of amides is 2. The van der Waals surface area contributed by atoms with Gasteiger partial charge >= 0.3 is 0 Å². The normalized spacial score (nSPS) is 14.6. The van der Waals surface area contributed by atoms with Gasteiger partial charge in [-0.15, -0.1) is 24.0 Å². The van der Waals surface area contributed by atoms with Gasteiger partial charge in [0, 0.05) is 26.7 Å². The molecule has 0 saturated carbocycles. The highest BCUT2D eigenvalue weighted by molar-refractivity contribution is 14.0. The minimum atomic E-state index is -0.235. The molecule has 27 heavy (non-hydrogen) atoms. The number of hydrogen-bond acceptors (Lipinski definition) is 4. The number of rotatable bonds is 6. The average Bonchev–Trinajstić information content (AvgIpc) is 3.28. The quantitative estimate of drug-likeness (QED) is 0.278. The Hall–Kier alpha value is -1.94. The summed E-state index contributed by atoms with van der Waals surface area (Å²) < 4.78 is 0. The lowest BCUT2D eigenvalue weighted by molar-refractivity contribution is 0.0657. The van der Waals surface area contributed by atoms with Crippen molar-refractivity contribution in [3.63, 3.8) is 0 Å². The molecule has 0 bridgehead atoms. The first-order valence-corrected chi connectivity index (χ1v) is 9.48. The van der Waals surface area contributed by atoms with Crippen LogP contribution in [0.3, 0.4) is 0 Å². The van der Waals surface area contributed by atoms with Crippen molar-refractivity contribution in [2.24, 2.45) is 4.99 Å². The van der Waals surface area contributed by atoms with Crippen molar-refractivity contribution in [1.82, 2.24) is 15.5 Å². The largest absolute Gasteiger partial charge is 0.356 e. The molecule has 0 saturated heterocycles. The van der Waals surface area contributed by atoms with Gasteiger partial charge < -0.3 is 10.6 Å². The van der Waals surface area contributed by atoms with Gasteiger partial charge in [-0.05, 0) is 40.4 Å². The minimum Gasteiger partial charge on any atom is -0.356 e. The maximum absolute atomic E-state index is 12.3. The van der Waals surface area contributed by atoms with E-state index in [9.17, 15) is 9.59 Å². The summed E-state index contributed by atoms with van der Waals surface area (Å²) in [6.07, 6.45) is 0. The van der Waals surface area contributed by atoms with Crippen LogP contribution in [0.25, 0.3) is 0 Å². The lowest BCUT2D eigenvalue weighted by atomic mass is 10.1. The number of guanidine groups is 1. The molecular formula is C19H23IN4O2S. The Bertz CT molecular complexity index is 788. The minimum absolute atomic E-state index is 0. The maximum atomic E-state index is 12.3. The summed E-state index contributed by atoms with van der Waals surface area (Å²) in [6.45, 7) is 3.65. The second-order valence-corrected chi connectivity index (χ2v) is 6.93. The standard InChI is InChI=1S/C19H22N4O2S.HI/c1-13(14-7-10-26-12-14)11-22-19(20-2)21-8-9-23-17(24)15-5-3-4-6-16(15)18(23)25;/h3-7,10,12-13H,8-9,11H2,1-2H3,(H2,20,21,22);1H. The number of nitrogens with zero attached hydrogens (tertiary/aromatic N) is 2. The highest BCUT2D eigenvalue weighted by Gasteiger charge is 2.34. The fourth-order valence-corrected chi connectivity index (χ4v) is 3.65. The Kier molecular flexibility index (Phi) is 7.78. The van der Waals surface area contributed by atoms with E-state index < -0.39 is 0 Å². The number of aliphatic imine (C=N–C) groups is 1. The number of fused-ring (bicyclic) bond motifs is 1. The molecule has 2 heterocycles. The zero-order chi connectivity index (χ0) is 18.5. The number of nitrogens with one attached hydrogen (secondary N) is 2. The summed E-state index contributed by atoms with van der Waals surface area (Å²) in [6, 6.07) is 9.04. The summed E-state index contributed by atoms with van der Waals surface area (Å²) >= 11 is 1.69. The van der Waals surface area contributed by atoms with Gasteiger partial charge in [0.1, 0.15) is 0 Å². The van der Waals surface area contributed by atoms with E-state index in [2.05, 4.69) is 39.4 Å². The van der Waals surface area contributed by atoms with E-state index in [-0.39, 0.29) is 35.8 Å². The molecule has 1 aliphatic heterocycles. The molecule has 2 aromatic rings. The van der Waals surface area contributed by atoms with Crippen LogP contribution in [0.1, 0.15) is 39.1 Å². The summed E-state index contributed by atoms with van der Waals surface area (Å²) in [5.74, 6) is 0.558. The highest BCUT2D eigenvalue weighted by atomic mass is 127. The van der Waals surface area contributed by atoms with E-state index in [0.717, 1.165) is 6.54 Å². The van der Waals surface area contributed by atoms with Gasteiger partial charge in [-0.25, -0.2) is 0 Å². The Morgan fingerprint density at radius 1 is 1.15 bits per heavy atom. The molecule has 144 valence electrons. The summed E-state index contributed by atoms with van der Waals surface area (Å²) in [5.41, 5.74) is 2.25. The Labute approximate surface area is 180 Å². The van der Waals surface area contributed by atoms with Gasteiger partial charge in [-0.2, -0.15) is 11.3 Å². The van der Waals surface area contributed by atoms with Crippen molar-refractivity contribution >= 4 is 53.1 Å². The fraction of sp³-hybridized carbons (Fsp3) is 0.316. The predicted octanol–water partition coefficient (Wildman–Crippen LogP) is 2.93. The topological polar surface area (TPSA) is 73.8 Å². The third-order valence-corrected chi connectivity index (χ3v) is 5.12. The number of carbonyl (C=O) groups is 2. The van der Waals surface area contributed by atoms with E-state index in [1.54, 1.807) is 42.6 Å². The fourth-order valence-electron chi connectivity index (χ4n) is 2.87. The smallest absolute Gasteiger partial charge is 0.261 e. The molecular weight excluding hydrogens is 475 g/mol. The molecule has 0 fully saturated rings. The summed E-state index contributed by atoms with van der Waals surface area (Å²) in [7, 11) is 1.70. The number of halogens is 1. The third-order valence-electron chi connectivity index (χ3n) is 4.42. The van der Waals surface area contributed by atoms with Crippen LogP contribution in [0.2, 0.25) is 0 Å². The van der Waals surface area contributed by atoms with E-state index >= 15 is 0 Å². The van der Waals surface area contributed by atoms with Crippen LogP contribution in [0.5, 0.6) is 0 Å². The van der Waals surface area contributed by atoms with E-state index in [0.29, 0.717) is 36.1 Å². The van der Waals surface area contributed by atoms with Crippen molar-refractivity contribution in [2.75, 3.05) is 26.7 Å². The van der Waals surface area contributed by atoms with E-state index in [1.165, 1.54) is 10.5 Å². The van der Waals surface area contributed by atoms with Crippen molar-refractivity contribution < 1.29 is 9.59 Å². The number of hydrogen-bond donors (Lipinski definition) is 2. The molecule has 1 aromatic carbocycles. The van der Waals surface area contributed by atoms with Crippen LogP contribution in [0.4, 0.5) is 0 Å². The molecule has 2 amide bonds. The molecule has 2 N–H and O–H groups in total. The molecule has 6 nitrogen and oxygen atoms in total. The molecule has 8 heteroatoms. The van der Waals surface area contributed by atoms with Gasteiger partial charge in [0.2, 0.25) is 0 Å². The molecule has 1 aromatic heterocycles. The van der Waals surface area contributed by atoms with Crippen molar-refractivity contribution in [3.8, 4) is 0 Å². The highest BCUT2D eigenvalue weighted by Crippen LogP contribution is 2.21. The van der Waals surface area contributed by atoms with Gasteiger partial charge in [0.25, 0.3) is 11.8 Å². The zero-order valence-corrected chi connectivity index (χ0v) is 18.4. The Balaban J connectivity index is 0.00000261. The number of imide groups is 1. The Morgan fingerprint density at radius 3 is 2.37 bits per heavy atom. The zero-order valence-electron chi connectivity index (χ0n) is 15.3. The molecule has 1 atom stereocenters. The molecule has 1 aliphatic rings. The average molecular weight is 498 g/mol. The summed E-state index contributed by atoms with van der Waals surface area (Å²) in [4.78, 5) is 30.1. The number of thiophene rings is 1. The lowest BCUT2D eigenvalue weighted by Gasteiger charge is -2.18. The molecule has 0 aliphatic carbocycles. The molecule has 1 unspecified atom stereocenters. The van der Waals surface area contributed by atoms with Crippen LogP contribution in [0.15, 0.2) is 46.1 Å². The van der Waals surface area contributed by atoms with Crippen LogP contribution in [0, 0.1) is 0 Å². The first-order chi connectivity index (χ1) is 12.6. The van der Waals surface area contributed by atoms with Crippen LogP contribution >= 0.6 is 35.3 Å². The molecule has 3 rings (SSSR count). The SMILES string of the molecule is CN=C(NCCN1C(=O)c2ccccc2C1=O)NCC(C)c1ccsc1.I. The van der Waals surface area contributed by atoms with Crippen molar-refractivity contribution in [1.29, 1.82) is 0 Å². The van der Waals surface area contributed by atoms with Gasteiger partial charge in [0.15, 0.2) is 5.96 Å². The molecule has 0 spiro atoms. The number of benzene rings is 1. The van der Waals surface area contributed by atoms with Gasteiger partial charge in [-0.1, -0.05) is 19.1 Å². The second-order valence-electron chi connectivity index (χ2n) is 6.15. The van der Waals surface area contributed by atoms with E-state index in [1.807, 2.05) is 0 Å². The molecule has 0 radical (unpaired) electrons. The van der Waals surface area contributed by atoms with Crippen LogP contribution in [-0.4, -0.2) is 49.4 Å². The van der Waals surface area contributed by atoms with Crippen LogP contribution < -0.4 is 10.6 Å². The summed E-state index contributed by atoms with van der Waals surface area (Å²) in [5, 5.41) is 10.7. The lowest BCUT2D eigenvalue weighted by Crippen LogP contribution is -2.43. The second kappa shape index (κ2) is 9.84. The van der Waals surface area contributed by atoms with Crippen molar-refractivity contribution in [3.05, 3.63) is 57.8 Å². The van der Waals surface area contributed by atoms with E-state index in [4.69, 9.17) is 0 Å². The van der Waals surface area contributed by atoms with Gasteiger partial charge in [-0.3, -0.25) is 19.5 Å². The van der Waals surface area contributed by atoms with Crippen LogP contribution in [-0.2, 0) is 0 Å². The number of carbonyl (C=O) groups excluding carboxylic acids is 2. The predicted molar refractivity (Wildman–Crippen MR) is 119 cm³/mol. The third kappa shape index (κ3) is 4.86. The first-order valence-electron chi connectivity index (χ1n) is 8.53. The first kappa shape index (κ1) is 21.4.